The van der Waals surface area contributed by atoms with Gasteiger partial charge in [-0.15, -0.1) is 0 Å². The minimum absolute atomic E-state index is 0.510. The molecule has 0 heterocycles. The molecule has 1 aromatic carbocycles. The lowest BCUT2D eigenvalue weighted by Crippen LogP contribution is -2.01. The van der Waals surface area contributed by atoms with E-state index in [-0.39, 0.29) is 0 Å². The van der Waals surface area contributed by atoms with E-state index in [2.05, 4.69) is 13.0 Å². The summed E-state index contributed by atoms with van der Waals surface area (Å²) in [4.78, 5) is 0. The van der Waals surface area contributed by atoms with Gasteiger partial charge in [0.1, 0.15) is 5.75 Å². The van der Waals surface area contributed by atoms with Gasteiger partial charge in [-0.25, -0.2) is 0 Å². The summed E-state index contributed by atoms with van der Waals surface area (Å²) in [6.45, 7) is 4.21. The monoisotopic (exact) mass is 340 g/mol. The van der Waals surface area contributed by atoms with E-state index in [4.69, 9.17) is 8.74 Å². The third-order valence-electron chi connectivity index (χ3n) is 4.36. The number of hydrogen-bond acceptors (Lipinski definition) is 2. The molecule has 0 spiro atoms. The van der Waals surface area contributed by atoms with E-state index in [0.29, 0.717) is 5.75 Å². The van der Waals surface area contributed by atoms with Crippen molar-refractivity contribution in [1.29, 1.82) is 0 Å². The number of aryl methyl sites for hydroxylation is 1. The standard InChI is InChI=1S/C19H32O3S/c1-3-4-5-6-7-8-9-10-11-12-14-18-15-13-16-19(17(18)2)22-23(20)21/h13,15-16H,3-12,14H2,1-2H3,(H,20,21). The van der Waals surface area contributed by atoms with Crippen LogP contribution in [0.15, 0.2) is 18.2 Å². The highest BCUT2D eigenvalue weighted by Crippen LogP contribution is 2.23. The van der Waals surface area contributed by atoms with Crippen molar-refractivity contribution in [2.75, 3.05) is 0 Å². The molecule has 0 saturated heterocycles. The van der Waals surface area contributed by atoms with Crippen LogP contribution in [0.4, 0.5) is 0 Å². The van der Waals surface area contributed by atoms with Crippen LogP contribution in [0, 0.1) is 6.92 Å². The Hall–Kier alpha value is -0.870. The quantitative estimate of drug-likeness (QED) is 0.355. The van der Waals surface area contributed by atoms with Gasteiger partial charge < -0.3 is 4.18 Å². The number of unbranched alkanes of at least 4 members (excludes halogenated alkanes) is 9. The summed E-state index contributed by atoms with van der Waals surface area (Å²) in [7, 11) is 0. The van der Waals surface area contributed by atoms with Crippen LogP contribution in [0.3, 0.4) is 0 Å². The van der Waals surface area contributed by atoms with Crippen molar-refractivity contribution in [3.63, 3.8) is 0 Å². The first-order chi connectivity index (χ1) is 11.1. The van der Waals surface area contributed by atoms with Gasteiger partial charge in [-0.1, -0.05) is 76.8 Å². The number of hydrogen-bond donors (Lipinski definition) is 1. The van der Waals surface area contributed by atoms with E-state index in [1.165, 1.54) is 69.8 Å². The number of rotatable bonds is 13. The fourth-order valence-electron chi connectivity index (χ4n) is 2.90. The second-order valence-electron chi connectivity index (χ2n) is 6.27. The van der Waals surface area contributed by atoms with E-state index < -0.39 is 11.4 Å². The molecular weight excluding hydrogens is 308 g/mol. The summed E-state index contributed by atoms with van der Waals surface area (Å²) in [5.41, 5.74) is 2.19. The smallest absolute Gasteiger partial charge is 0.357 e. The molecule has 23 heavy (non-hydrogen) atoms. The van der Waals surface area contributed by atoms with Crippen molar-refractivity contribution in [2.24, 2.45) is 0 Å². The Balaban J connectivity index is 2.15. The Kier molecular flexibility index (Phi) is 11.0. The Morgan fingerprint density at radius 2 is 1.52 bits per heavy atom. The van der Waals surface area contributed by atoms with Crippen LogP contribution in [0.25, 0.3) is 0 Å². The Labute approximate surface area is 144 Å². The van der Waals surface area contributed by atoms with Crippen LogP contribution in [0.2, 0.25) is 0 Å². The number of benzene rings is 1. The van der Waals surface area contributed by atoms with Gasteiger partial charge in [0.25, 0.3) is 0 Å². The molecule has 0 aliphatic rings. The molecule has 0 bridgehead atoms. The molecule has 132 valence electrons. The molecule has 0 radical (unpaired) electrons. The molecule has 1 atom stereocenters. The lowest BCUT2D eigenvalue weighted by Gasteiger charge is -2.10. The van der Waals surface area contributed by atoms with Crippen LogP contribution >= 0.6 is 0 Å². The Morgan fingerprint density at radius 3 is 2.09 bits per heavy atom. The molecule has 1 N–H and O–H groups in total. The van der Waals surface area contributed by atoms with Crippen LogP contribution in [0.1, 0.15) is 82.3 Å². The molecule has 1 unspecified atom stereocenters. The zero-order chi connectivity index (χ0) is 16.9. The summed E-state index contributed by atoms with van der Waals surface area (Å²) in [5, 5.41) is 0. The molecule has 0 saturated carbocycles. The van der Waals surface area contributed by atoms with E-state index in [0.717, 1.165) is 12.0 Å². The maximum atomic E-state index is 10.8. The minimum Gasteiger partial charge on any atom is -0.380 e. The van der Waals surface area contributed by atoms with Crippen molar-refractivity contribution < 1.29 is 12.9 Å². The molecule has 0 amide bonds. The van der Waals surface area contributed by atoms with E-state index >= 15 is 0 Å². The first kappa shape index (κ1) is 20.2. The average molecular weight is 341 g/mol. The van der Waals surface area contributed by atoms with Crippen molar-refractivity contribution in [3.8, 4) is 5.75 Å². The second-order valence-corrected chi connectivity index (χ2v) is 6.87. The summed E-state index contributed by atoms with van der Waals surface area (Å²) in [6, 6.07) is 5.71. The predicted octanol–water partition coefficient (Wildman–Crippen LogP) is 5.97. The predicted molar refractivity (Wildman–Crippen MR) is 98.1 cm³/mol. The highest BCUT2D eigenvalue weighted by atomic mass is 32.2. The third-order valence-corrected chi connectivity index (χ3v) is 4.68. The van der Waals surface area contributed by atoms with Crippen molar-refractivity contribution in [3.05, 3.63) is 29.3 Å². The Bertz CT molecular complexity index is 460. The van der Waals surface area contributed by atoms with Gasteiger partial charge in [0.05, 0.1) is 0 Å². The van der Waals surface area contributed by atoms with Crippen LogP contribution in [0.5, 0.6) is 5.75 Å². The van der Waals surface area contributed by atoms with Gasteiger partial charge in [0.2, 0.25) is 0 Å². The first-order valence-corrected chi connectivity index (χ1v) is 10.1. The zero-order valence-corrected chi connectivity index (χ0v) is 15.5. The van der Waals surface area contributed by atoms with Gasteiger partial charge >= 0.3 is 11.4 Å². The fraction of sp³-hybridized carbons (Fsp3) is 0.684. The largest absolute Gasteiger partial charge is 0.380 e. The van der Waals surface area contributed by atoms with Gasteiger partial charge in [0, 0.05) is 0 Å². The van der Waals surface area contributed by atoms with Crippen molar-refractivity contribution in [2.45, 2.75) is 84.5 Å². The molecule has 0 fully saturated rings. The first-order valence-electron chi connectivity index (χ1n) is 9.02. The Morgan fingerprint density at radius 1 is 0.957 bits per heavy atom. The zero-order valence-electron chi connectivity index (χ0n) is 14.7. The molecule has 0 aliphatic heterocycles. The lowest BCUT2D eigenvalue weighted by molar-refractivity contribution is 0.456. The molecule has 1 rings (SSSR count). The van der Waals surface area contributed by atoms with Gasteiger partial charge in [0.15, 0.2) is 0 Å². The van der Waals surface area contributed by atoms with E-state index in [9.17, 15) is 4.21 Å². The molecular formula is C19H32O3S. The maximum absolute atomic E-state index is 10.8. The van der Waals surface area contributed by atoms with Gasteiger partial charge in [-0.05, 0) is 37.0 Å². The van der Waals surface area contributed by atoms with Crippen molar-refractivity contribution >= 4 is 11.4 Å². The summed E-state index contributed by atoms with van der Waals surface area (Å²) in [5.74, 6) is 0.510. The molecule has 0 aromatic heterocycles. The van der Waals surface area contributed by atoms with E-state index in [1.54, 1.807) is 6.07 Å². The van der Waals surface area contributed by atoms with Crippen LogP contribution in [-0.4, -0.2) is 8.76 Å². The summed E-state index contributed by atoms with van der Waals surface area (Å²) in [6.07, 6.45) is 14.3. The molecule has 0 aliphatic carbocycles. The van der Waals surface area contributed by atoms with Crippen LogP contribution < -0.4 is 4.18 Å². The third kappa shape index (κ3) is 9.11. The summed E-state index contributed by atoms with van der Waals surface area (Å²) >= 11 is -2.25. The van der Waals surface area contributed by atoms with Gasteiger partial charge in [-0.2, -0.15) is 4.21 Å². The SMILES string of the molecule is CCCCCCCCCCCCc1cccc(OS(=O)O)c1C. The molecule has 4 heteroatoms. The molecule has 1 aromatic rings. The van der Waals surface area contributed by atoms with Crippen LogP contribution in [-0.2, 0) is 17.8 Å². The highest BCUT2D eigenvalue weighted by molar-refractivity contribution is 7.74. The lowest BCUT2D eigenvalue weighted by atomic mass is 10.0. The fourth-order valence-corrected chi connectivity index (χ4v) is 3.23. The van der Waals surface area contributed by atoms with Gasteiger partial charge in [-0.3, -0.25) is 4.55 Å². The molecule has 3 nitrogen and oxygen atoms in total. The maximum Gasteiger partial charge on any atom is 0.357 e. The van der Waals surface area contributed by atoms with Crippen molar-refractivity contribution in [1.82, 2.24) is 0 Å². The normalized spacial score (nSPS) is 12.3. The summed E-state index contributed by atoms with van der Waals surface area (Å²) < 4.78 is 24.5. The average Bonchev–Trinajstić information content (AvgIpc) is 2.52. The topological polar surface area (TPSA) is 46.5 Å². The van der Waals surface area contributed by atoms with E-state index in [1.807, 2.05) is 13.0 Å². The minimum atomic E-state index is -2.25. The highest BCUT2D eigenvalue weighted by Gasteiger charge is 2.07. The second kappa shape index (κ2) is 12.5.